The number of amides is 1. The van der Waals surface area contributed by atoms with Crippen molar-refractivity contribution in [2.24, 2.45) is 5.73 Å². The molecule has 1 rings (SSSR count). The number of nitrogens with one attached hydrogen (secondary N) is 1. The van der Waals surface area contributed by atoms with Crippen LogP contribution in [0.4, 0.5) is 0 Å². The Labute approximate surface area is 75.2 Å². The van der Waals surface area contributed by atoms with Crippen molar-refractivity contribution >= 4 is 12.4 Å². The number of allylic oxidation sites excluding steroid dienone is 2. The molecule has 0 atom stereocenters. The number of carbonyl (C=O) groups is 2. The van der Waals surface area contributed by atoms with Crippen molar-refractivity contribution in [3.8, 4) is 0 Å². The quantitative estimate of drug-likeness (QED) is 0.487. The fourth-order valence-electron chi connectivity index (χ4n) is 0.610. The first kappa shape index (κ1) is 11.0. The first-order chi connectivity index (χ1) is 6.22. The predicted octanol–water partition coefficient (Wildman–Crippen LogP) is -0.271. The van der Waals surface area contributed by atoms with Gasteiger partial charge >= 0.3 is 0 Å². The summed E-state index contributed by atoms with van der Waals surface area (Å²) in [6.45, 7) is -0.250. The molecular weight excluding hydrogens is 172 g/mol. The van der Waals surface area contributed by atoms with E-state index in [-0.39, 0.29) is 6.47 Å². The minimum Gasteiger partial charge on any atom is -0.483 e. The molecule has 0 radical (unpaired) electrons. The van der Waals surface area contributed by atoms with E-state index >= 15 is 0 Å². The maximum atomic E-state index is 10.5. The Morgan fingerprint density at radius 2 is 2.15 bits per heavy atom. The number of hydrogen-bond acceptors (Lipinski definition) is 3. The van der Waals surface area contributed by atoms with Crippen LogP contribution in [0.2, 0.25) is 0 Å². The van der Waals surface area contributed by atoms with E-state index in [1.165, 1.54) is 0 Å². The molecule has 1 aliphatic heterocycles. The zero-order valence-corrected chi connectivity index (χ0v) is 6.81. The maximum Gasteiger partial charge on any atom is 0.290 e. The van der Waals surface area contributed by atoms with Crippen molar-refractivity contribution in [3.05, 3.63) is 36.2 Å². The highest BCUT2D eigenvalue weighted by Crippen LogP contribution is 1.96. The van der Waals surface area contributed by atoms with Gasteiger partial charge < -0.3 is 16.2 Å². The van der Waals surface area contributed by atoms with Crippen LogP contribution in [0, 0.1) is 0 Å². The van der Waals surface area contributed by atoms with Gasteiger partial charge in [-0.25, -0.2) is 0 Å². The molecule has 5 nitrogen and oxygen atoms in total. The number of carbonyl (C=O) groups excluding carboxylic acids is 1. The average molecular weight is 182 g/mol. The van der Waals surface area contributed by atoms with Gasteiger partial charge in [-0.1, -0.05) is 6.08 Å². The zero-order valence-electron chi connectivity index (χ0n) is 6.81. The predicted molar refractivity (Wildman–Crippen MR) is 47.4 cm³/mol. The number of primary amides is 1. The van der Waals surface area contributed by atoms with Crippen LogP contribution in [0.1, 0.15) is 0 Å². The fourth-order valence-corrected chi connectivity index (χ4v) is 0.610. The Balaban J connectivity index is 0.000000424. The summed E-state index contributed by atoms with van der Waals surface area (Å²) in [6, 6.07) is 0. The molecule has 0 aliphatic carbocycles. The standard InChI is InChI=1S/C7H8N2O.CH2O2/c8-7(10)6-3-1-2-4-9-5-6;2-1-3/h1-5,9H,(H2,8,10);1H,(H,2,3). The highest BCUT2D eigenvalue weighted by molar-refractivity contribution is 5.94. The summed E-state index contributed by atoms with van der Waals surface area (Å²) >= 11 is 0. The molecule has 4 N–H and O–H groups in total. The molecule has 1 aliphatic rings. The van der Waals surface area contributed by atoms with Crippen molar-refractivity contribution in [3.63, 3.8) is 0 Å². The largest absolute Gasteiger partial charge is 0.483 e. The van der Waals surface area contributed by atoms with Gasteiger partial charge in [0.15, 0.2) is 0 Å². The molecule has 13 heavy (non-hydrogen) atoms. The fraction of sp³-hybridized carbons (Fsp3) is 0. The molecule has 0 unspecified atom stereocenters. The van der Waals surface area contributed by atoms with E-state index in [9.17, 15) is 4.79 Å². The van der Waals surface area contributed by atoms with Gasteiger partial charge in [0.25, 0.3) is 6.47 Å². The lowest BCUT2D eigenvalue weighted by molar-refractivity contribution is -0.123. The monoisotopic (exact) mass is 182 g/mol. The highest BCUT2D eigenvalue weighted by Gasteiger charge is 1.98. The lowest BCUT2D eigenvalue weighted by Gasteiger charge is -1.91. The first-order valence-corrected chi connectivity index (χ1v) is 3.39. The van der Waals surface area contributed by atoms with Crippen LogP contribution in [0.5, 0.6) is 0 Å². The van der Waals surface area contributed by atoms with E-state index in [1.807, 2.05) is 0 Å². The molecule has 0 aromatic heterocycles. The lowest BCUT2D eigenvalue weighted by Crippen LogP contribution is -2.13. The van der Waals surface area contributed by atoms with Gasteiger partial charge in [0.05, 0.1) is 5.57 Å². The second-order valence-electron chi connectivity index (χ2n) is 1.95. The molecule has 0 aromatic carbocycles. The van der Waals surface area contributed by atoms with E-state index in [1.54, 1.807) is 30.6 Å². The third-order valence-corrected chi connectivity index (χ3v) is 1.10. The van der Waals surface area contributed by atoms with Crippen molar-refractivity contribution in [2.45, 2.75) is 0 Å². The van der Waals surface area contributed by atoms with E-state index in [4.69, 9.17) is 15.6 Å². The SMILES string of the molecule is NC(=O)C1=CNC=CC=C1.O=CO. The summed E-state index contributed by atoms with van der Waals surface area (Å²) in [4.78, 5) is 18.9. The molecule has 0 spiro atoms. The Morgan fingerprint density at radius 1 is 1.54 bits per heavy atom. The molecule has 5 heteroatoms. The maximum absolute atomic E-state index is 10.5. The molecule has 0 aromatic rings. The first-order valence-electron chi connectivity index (χ1n) is 3.39. The van der Waals surface area contributed by atoms with E-state index < -0.39 is 5.91 Å². The van der Waals surface area contributed by atoms with Crippen molar-refractivity contribution in [2.75, 3.05) is 0 Å². The van der Waals surface area contributed by atoms with Gasteiger partial charge in [-0.05, 0) is 12.2 Å². The van der Waals surface area contributed by atoms with Gasteiger partial charge in [-0.2, -0.15) is 0 Å². The Kier molecular flexibility index (Phi) is 5.61. The van der Waals surface area contributed by atoms with Crippen LogP contribution in [0.15, 0.2) is 36.2 Å². The smallest absolute Gasteiger partial charge is 0.290 e. The highest BCUT2D eigenvalue weighted by atomic mass is 16.3. The molecule has 0 fully saturated rings. The molecule has 0 bridgehead atoms. The molecule has 1 amide bonds. The van der Waals surface area contributed by atoms with Crippen LogP contribution in [0.3, 0.4) is 0 Å². The molecule has 0 saturated carbocycles. The van der Waals surface area contributed by atoms with Crippen LogP contribution >= 0.6 is 0 Å². The third-order valence-electron chi connectivity index (χ3n) is 1.10. The van der Waals surface area contributed by atoms with Crippen LogP contribution in [-0.4, -0.2) is 17.5 Å². The minimum atomic E-state index is -0.424. The van der Waals surface area contributed by atoms with Crippen LogP contribution in [0.25, 0.3) is 0 Å². The van der Waals surface area contributed by atoms with Gasteiger partial charge in [0.2, 0.25) is 5.91 Å². The second-order valence-corrected chi connectivity index (χ2v) is 1.95. The molecule has 70 valence electrons. The van der Waals surface area contributed by atoms with Gasteiger partial charge in [0.1, 0.15) is 0 Å². The Bertz CT molecular complexity index is 267. The topological polar surface area (TPSA) is 92.4 Å². The number of rotatable bonds is 1. The second kappa shape index (κ2) is 6.66. The summed E-state index contributed by atoms with van der Waals surface area (Å²) in [6.07, 6.45) is 8.46. The van der Waals surface area contributed by atoms with Gasteiger partial charge in [0, 0.05) is 12.4 Å². The number of hydrogen-bond donors (Lipinski definition) is 3. The molecule has 1 heterocycles. The van der Waals surface area contributed by atoms with Crippen molar-refractivity contribution in [1.29, 1.82) is 0 Å². The summed E-state index contributed by atoms with van der Waals surface area (Å²) in [5.41, 5.74) is 5.49. The summed E-state index contributed by atoms with van der Waals surface area (Å²) in [5.74, 6) is -0.424. The van der Waals surface area contributed by atoms with Crippen LogP contribution < -0.4 is 11.1 Å². The third kappa shape index (κ3) is 5.25. The number of nitrogens with two attached hydrogens (primary N) is 1. The van der Waals surface area contributed by atoms with Crippen molar-refractivity contribution in [1.82, 2.24) is 5.32 Å². The van der Waals surface area contributed by atoms with Gasteiger partial charge in [-0.3, -0.25) is 9.59 Å². The number of carboxylic acid groups (broad SMARTS) is 1. The zero-order chi connectivity index (χ0) is 10.1. The van der Waals surface area contributed by atoms with Gasteiger partial charge in [-0.15, -0.1) is 0 Å². The molecule has 0 saturated heterocycles. The van der Waals surface area contributed by atoms with E-state index in [0.717, 1.165) is 0 Å². The summed E-state index contributed by atoms with van der Waals surface area (Å²) in [5, 5.41) is 9.66. The van der Waals surface area contributed by atoms with E-state index in [0.29, 0.717) is 5.57 Å². The summed E-state index contributed by atoms with van der Waals surface area (Å²) in [7, 11) is 0. The minimum absolute atomic E-state index is 0.250. The normalized spacial score (nSPS) is 12.8. The Hall–Kier alpha value is -2.04. The van der Waals surface area contributed by atoms with Crippen LogP contribution in [-0.2, 0) is 9.59 Å². The average Bonchev–Trinajstić information content (AvgIpc) is 2.32. The van der Waals surface area contributed by atoms with E-state index in [2.05, 4.69) is 5.32 Å². The lowest BCUT2D eigenvalue weighted by atomic mass is 10.2. The van der Waals surface area contributed by atoms with Crippen molar-refractivity contribution < 1.29 is 14.7 Å². The molecular formula is C8H10N2O3. The Morgan fingerprint density at radius 3 is 2.69 bits per heavy atom. The summed E-state index contributed by atoms with van der Waals surface area (Å²) < 4.78 is 0.